The molecule has 1 unspecified atom stereocenters. The van der Waals surface area contributed by atoms with Crippen molar-refractivity contribution in [3.63, 3.8) is 0 Å². The molecule has 0 saturated heterocycles. The van der Waals surface area contributed by atoms with Crippen LogP contribution in [-0.4, -0.2) is 31.5 Å². The predicted octanol–water partition coefficient (Wildman–Crippen LogP) is 3.67. The number of hydrogen-bond donors (Lipinski definition) is 2. The van der Waals surface area contributed by atoms with E-state index in [-0.39, 0.29) is 16.3 Å². The monoisotopic (exact) mass is 420 g/mol. The second kappa shape index (κ2) is 8.15. The van der Waals surface area contributed by atoms with E-state index >= 15 is 0 Å². The number of rotatable bonds is 5. The largest absolute Gasteiger partial charge is 0.338 e. The molecule has 0 aliphatic rings. The number of tetrazole rings is 1. The van der Waals surface area contributed by atoms with Crippen LogP contribution in [-0.2, 0) is 10.2 Å². The maximum atomic E-state index is 13.9. The third-order valence-corrected chi connectivity index (χ3v) is 5.44. The van der Waals surface area contributed by atoms with Crippen LogP contribution >= 0.6 is 22.9 Å². The Balaban J connectivity index is 1.78. The summed E-state index contributed by atoms with van der Waals surface area (Å²) in [5.41, 5.74) is 0.388. The molecule has 28 heavy (non-hydrogen) atoms. The van der Waals surface area contributed by atoms with Gasteiger partial charge in [0.2, 0.25) is 11.7 Å². The highest BCUT2D eigenvalue weighted by Gasteiger charge is 2.21. The van der Waals surface area contributed by atoms with E-state index in [2.05, 4.69) is 51.7 Å². The lowest BCUT2D eigenvalue weighted by molar-refractivity contribution is -0.117. The average Bonchev–Trinajstić information content (AvgIpc) is 3.32. The first-order valence-corrected chi connectivity index (χ1v) is 9.56. The van der Waals surface area contributed by atoms with Crippen LogP contribution in [0.4, 0.5) is 4.39 Å². The van der Waals surface area contributed by atoms with E-state index < -0.39 is 17.8 Å². The smallest absolute Gasteiger partial charge is 0.244 e. The Morgan fingerprint density at radius 3 is 2.79 bits per heavy atom. The van der Waals surface area contributed by atoms with Crippen LogP contribution in [0.5, 0.6) is 0 Å². The highest BCUT2D eigenvalue weighted by Crippen LogP contribution is 2.27. The van der Waals surface area contributed by atoms with Crippen molar-refractivity contribution < 1.29 is 9.18 Å². The van der Waals surface area contributed by atoms with Crippen molar-refractivity contribution in [2.75, 3.05) is 0 Å². The third-order valence-electron chi connectivity index (χ3n) is 3.75. The Kier molecular flexibility index (Phi) is 5.85. The van der Waals surface area contributed by atoms with E-state index in [0.29, 0.717) is 5.56 Å². The van der Waals surface area contributed by atoms with Gasteiger partial charge in [0, 0.05) is 22.6 Å². The lowest BCUT2D eigenvalue weighted by Crippen LogP contribution is -2.28. The summed E-state index contributed by atoms with van der Waals surface area (Å²) >= 11 is 7.26. The molecule has 3 aromatic rings. The average molecular weight is 421 g/mol. The molecule has 0 aliphatic heterocycles. The Hall–Kier alpha value is -2.65. The fourth-order valence-electron chi connectivity index (χ4n) is 2.34. The van der Waals surface area contributed by atoms with Crippen molar-refractivity contribution in [3.05, 3.63) is 62.6 Å². The molecule has 0 bridgehead atoms. The van der Waals surface area contributed by atoms with Crippen LogP contribution in [0.3, 0.4) is 0 Å². The van der Waals surface area contributed by atoms with Gasteiger partial charge in [-0.2, -0.15) is 5.21 Å². The summed E-state index contributed by atoms with van der Waals surface area (Å²) < 4.78 is 13.9. The predicted molar refractivity (Wildman–Crippen MR) is 105 cm³/mol. The molecular weight excluding hydrogens is 403 g/mol. The van der Waals surface area contributed by atoms with E-state index in [9.17, 15) is 9.18 Å². The van der Waals surface area contributed by atoms with E-state index in [1.807, 2.05) is 0 Å². The summed E-state index contributed by atoms with van der Waals surface area (Å²) in [7, 11) is 0. The number of aromatic amines is 1. The number of carbonyl (C=O) groups excluding carboxylic acids is 1. The van der Waals surface area contributed by atoms with Gasteiger partial charge in [-0.3, -0.25) is 4.79 Å². The van der Waals surface area contributed by atoms with Gasteiger partial charge in [0.25, 0.3) is 0 Å². The molecule has 1 aromatic carbocycles. The minimum absolute atomic E-state index is 0.0123. The molecule has 1 atom stereocenters. The molecule has 10 heteroatoms. The highest BCUT2D eigenvalue weighted by atomic mass is 35.5. The molecule has 0 saturated carbocycles. The Bertz CT molecular complexity index is 996. The van der Waals surface area contributed by atoms with Gasteiger partial charge in [0.15, 0.2) is 0 Å². The zero-order valence-electron chi connectivity index (χ0n) is 15.4. The second-order valence-electron chi connectivity index (χ2n) is 7.04. The van der Waals surface area contributed by atoms with Crippen LogP contribution < -0.4 is 5.32 Å². The Morgan fingerprint density at radius 1 is 1.39 bits per heavy atom. The highest BCUT2D eigenvalue weighted by molar-refractivity contribution is 7.12. The summed E-state index contributed by atoms with van der Waals surface area (Å²) in [4.78, 5) is 17.7. The third kappa shape index (κ3) is 4.79. The number of nitrogens with one attached hydrogen (secondary N) is 2. The summed E-state index contributed by atoms with van der Waals surface area (Å²) in [6.45, 7) is 6.23. The van der Waals surface area contributed by atoms with Crippen LogP contribution in [0.15, 0.2) is 30.5 Å². The summed E-state index contributed by atoms with van der Waals surface area (Å²) in [5, 5.41) is 17.3. The van der Waals surface area contributed by atoms with Crippen molar-refractivity contribution in [1.29, 1.82) is 0 Å². The molecule has 2 aromatic heterocycles. The van der Waals surface area contributed by atoms with Gasteiger partial charge >= 0.3 is 0 Å². The molecule has 0 aliphatic carbocycles. The zero-order valence-corrected chi connectivity index (χ0v) is 17.0. The molecule has 3 rings (SSSR count). The zero-order chi connectivity index (χ0) is 20.3. The Labute approximate surface area is 170 Å². The van der Waals surface area contributed by atoms with Gasteiger partial charge in [-0.05, 0) is 23.8 Å². The van der Waals surface area contributed by atoms with Gasteiger partial charge in [-0.15, -0.1) is 21.5 Å². The van der Waals surface area contributed by atoms with Crippen molar-refractivity contribution in [3.8, 4) is 0 Å². The first-order valence-electron chi connectivity index (χ1n) is 8.37. The molecule has 0 spiro atoms. The van der Waals surface area contributed by atoms with Crippen LogP contribution in [0, 0.1) is 5.82 Å². The van der Waals surface area contributed by atoms with Gasteiger partial charge in [-0.25, -0.2) is 9.37 Å². The lowest BCUT2D eigenvalue weighted by Gasteiger charge is -2.15. The van der Waals surface area contributed by atoms with E-state index in [1.165, 1.54) is 29.5 Å². The standard InChI is InChI=1S/C18H18ClFN6OS/c1-18(2,3)17-21-9-11(28-17)5-7-14(27)22-15(16-23-25-26-24-16)10-4-6-12(19)13(20)8-10/h4-9,15H,1-3H3,(H,22,27)(H,23,24,25,26)/b7-5+. The number of benzene rings is 1. The molecular formula is C18H18ClFN6OS. The molecule has 0 radical (unpaired) electrons. The van der Waals surface area contributed by atoms with Gasteiger partial charge in [-0.1, -0.05) is 43.7 Å². The minimum Gasteiger partial charge on any atom is -0.338 e. The molecule has 1 amide bonds. The maximum Gasteiger partial charge on any atom is 0.244 e. The second-order valence-corrected chi connectivity index (χ2v) is 8.51. The first-order chi connectivity index (χ1) is 13.2. The number of halogens is 2. The maximum absolute atomic E-state index is 13.9. The molecule has 146 valence electrons. The number of thiazole rings is 1. The topological polar surface area (TPSA) is 96.5 Å². The normalized spacial score (nSPS) is 13.0. The number of H-pyrrole nitrogens is 1. The summed E-state index contributed by atoms with van der Waals surface area (Å²) in [6, 6.07) is 3.45. The van der Waals surface area contributed by atoms with Crippen molar-refractivity contribution in [1.82, 2.24) is 30.9 Å². The fourth-order valence-corrected chi connectivity index (χ4v) is 3.33. The number of aromatic nitrogens is 5. The lowest BCUT2D eigenvalue weighted by atomic mass is 9.98. The minimum atomic E-state index is -0.783. The number of nitrogens with zero attached hydrogens (tertiary/aromatic N) is 4. The number of amides is 1. The van der Waals surface area contributed by atoms with E-state index in [0.717, 1.165) is 9.88 Å². The SMILES string of the molecule is CC(C)(C)c1ncc(/C=C/C(=O)NC(c2ccc(Cl)c(F)c2)c2nn[nH]n2)s1. The molecule has 0 fully saturated rings. The van der Waals surface area contributed by atoms with E-state index in [1.54, 1.807) is 18.3 Å². The summed E-state index contributed by atoms with van der Waals surface area (Å²) in [5.74, 6) is -0.788. The van der Waals surface area contributed by atoms with Crippen LogP contribution in [0.1, 0.15) is 48.1 Å². The van der Waals surface area contributed by atoms with Crippen molar-refractivity contribution in [2.24, 2.45) is 0 Å². The van der Waals surface area contributed by atoms with Crippen molar-refractivity contribution >= 4 is 34.9 Å². The number of hydrogen-bond acceptors (Lipinski definition) is 6. The van der Waals surface area contributed by atoms with Crippen LogP contribution in [0.25, 0.3) is 6.08 Å². The van der Waals surface area contributed by atoms with Crippen LogP contribution in [0.2, 0.25) is 5.02 Å². The summed E-state index contributed by atoms with van der Waals surface area (Å²) in [6.07, 6.45) is 4.79. The fraction of sp³-hybridized carbons (Fsp3) is 0.278. The van der Waals surface area contributed by atoms with Gasteiger partial charge in [0.05, 0.1) is 10.0 Å². The van der Waals surface area contributed by atoms with E-state index in [4.69, 9.17) is 11.6 Å². The quantitative estimate of drug-likeness (QED) is 0.614. The van der Waals surface area contributed by atoms with Gasteiger partial charge < -0.3 is 5.32 Å². The van der Waals surface area contributed by atoms with Gasteiger partial charge in [0.1, 0.15) is 11.9 Å². The molecule has 2 N–H and O–H groups in total. The molecule has 2 heterocycles. The Morgan fingerprint density at radius 2 is 2.18 bits per heavy atom. The molecule has 7 nitrogen and oxygen atoms in total. The van der Waals surface area contributed by atoms with Crippen molar-refractivity contribution in [2.45, 2.75) is 32.2 Å². The number of carbonyl (C=O) groups is 1. The first kappa shape index (κ1) is 20.1.